The van der Waals surface area contributed by atoms with E-state index in [1.807, 2.05) is 0 Å². The smallest absolute Gasteiger partial charge is 0.379 e. The lowest BCUT2D eigenvalue weighted by molar-refractivity contribution is -0.137. The van der Waals surface area contributed by atoms with Gasteiger partial charge in [-0.2, -0.15) is 0 Å². The largest absolute Gasteiger partial charge is 0.460 e. The number of rotatable bonds is 3. The summed E-state index contributed by atoms with van der Waals surface area (Å²) in [7, 11) is 0. The van der Waals surface area contributed by atoms with Crippen molar-refractivity contribution in [3.63, 3.8) is 0 Å². The van der Waals surface area contributed by atoms with Gasteiger partial charge in [0.15, 0.2) is 0 Å². The number of benzene rings is 1. The normalized spacial score (nSPS) is 16.8. The molecule has 100 valence electrons. The molecule has 5 nitrogen and oxygen atoms in total. The Morgan fingerprint density at radius 3 is 2.74 bits per heavy atom. The van der Waals surface area contributed by atoms with Crippen molar-refractivity contribution in [2.75, 3.05) is 11.9 Å². The third kappa shape index (κ3) is 2.21. The van der Waals surface area contributed by atoms with E-state index in [-0.39, 0.29) is 23.8 Å². The summed E-state index contributed by atoms with van der Waals surface area (Å²) in [5, 5.41) is 2.39. The number of ether oxygens (including phenoxy) is 1. The quantitative estimate of drug-likeness (QED) is 0.512. The molecule has 0 spiro atoms. The Morgan fingerprint density at radius 2 is 2.11 bits per heavy atom. The Kier molecular flexibility index (Phi) is 3.33. The number of hydrogen-bond donors (Lipinski definition) is 1. The second kappa shape index (κ2) is 4.79. The van der Waals surface area contributed by atoms with Crippen LogP contribution in [0, 0.1) is 5.82 Å². The Hall–Kier alpha value is -2.24. The van der Waals surface area contributed by atoms with Crippen molar-refractivity contribution in [2.45, 2.75) is 19.8 Å². The fourth-order valence-electron chi connectivity index (χ4n) is 1.92. The highest BCUT2D eigenvalue weighted by Crippen LogP contribution is 2.35. The summed E-state index contributed by atoms with van der Waals surface area (Å²) in [6.07, 6.45) is 0. The average molecular weight is 265 g/mol. The first-order chi connectivity index (χ1) is 8.95. The van der Waals surface area contributed by atoms with Crippen LogP contribution in [0.1, 0.15) is 35.7 Å². The van der Waals surface area contributed by atoms with Crippen LogP contribution >= 0.6 is 0 Å². The summed E-state index contributed by atoms with van der Waals surface area (Å²) in [6.45, 7) is 3.23. The molecule has 0 saturated carbocycles. The summed E-state index contributed by atoms with van der Waals surface area (Å²) in [6, 6.07) is 2.27. The van der Waals surface area contributed by atoms with E-state index < -0.39 is 23.5 Å². The lowest BCUT2D eigenvalue weighted by atomic mass is 9.98. The van der Waals surface area contributed by atoms with Crippen LogP contribution in [0.15, 0.2) is 12.1 Å². The van der Waals surface area contributed by atoms with E-state index in [2.05, 4.69) is 10.1 Å². The first-order valence-electron chi connectivity index (χ1n) is 5.81. The van der Waals surface area contributed by atoms with Crippen molar-refractivity contribution in [2.24, 2.45) is 0 Å². The highest BCUT2D eigenvalue weighted by atomic mass is 19.1. The van der Waals surface area contributed by atoms with Crippen molar-refractivity contribution >= 4 is 23.3 Å². The van der Waals surface area contributed by atoms with E-state index >= 15 is 0 Å². The Morgan fingerprint density at radius 1 is 1.42 bits per heavy atom. The van der Waals surface area contributed by atoms with Gasteiger partial charge < -0.3 is 10.1 Å². The van der Waals surface area contributed by atoms with Crippen LogP contribution in [-0.2, 0) is 14.3 Å². The summed E-state index contributed by atoms with van der Waals surface area (Å²) in [5.41, 5.74) is 0.327. The summed E-state index contributed by atoms with van der Waals surface area (Å²) in [5.74, 6) is -3.58. The van der Waals surface area contributed by atoms with Crippen LogP contribution in [0.3, 0.4) is 0 Å². The molecule has 1 heterocycles. The number of ketones is 1. The Bertz CT molecular complexity index is 582. The summed E-state index contributed by atoms with van der Waals surface area (Å²) >= 11 is 0. The van der Waals surface area contributed by atoms with Gasteiger partial charge in [0.25, 0.3) is 5.78 Å². The molecule has 1 atom stereocenters. The maximum Gasteiger partial charge on any atom is 0.379 e. The van der Waals surface area contributed by atoms with E-state index in [1.165, 1.54) is 6.07 Å². The van der Waals surface area contributed by atoms with Crippen molar-refractivity contribution < 1.29 is 23.5 Å². The zero-order valence-electron chi connectivity index (χ0n) is 10.5. The maximum atomic E-state index is 13.8. The van der Waals surface area contributed by atoms with E-state index in [1.54, 1.807) is 13.8 Å². The van der Waals surface area contributed by atoms with Gasteiger partial charge in [0.2, 0.25) is 5.91 Å². The van der Waals surface area contributed by atoms with Crippen LogP contribution in [-0.4, -0.2) is 24.3 Å². The van der Waals surface area contributed by atoms with Crippen molar-refractivity contribution in [1.82, 2.24) is 0 Å². The minimum absolute atomic E-state index is 0.0639. The molecule has 0 aromatic heterocycles. The number of amides is 1. The van der Waals surface area contributed by atoms with Crippen molar-refractivity contribution in [3.05, 3.63) is 29.1 Å². The van der Waals surface area contributed by atoms with Crippen LogP contribution in [0.2, 0.25) is 0 Å². The fraction of sp³-hybridized carbons (Fsp3) is 0.308. The third-order valence-corrected chi connectivity index (χ3v) is 2.95. The molecule has 1 aromatic carbocycles. The van der Waals surface area contributed by atoms with Gasteiger partial charge in [0, 0.05) is 5.56 Å². The van der Waals surface area contributed by atoms with Crippen molar-refractivity contribution in [3.8, 4) is 0 Å². The predicted octanol–water partition coefficient (Wildman–Crippen LogP) is 1.63. The molecule has 1 aliphatic heterocycles. The molecule has 2 rings (SSSR count). The van der Waals surface area contributed by atoms with Gasteiger partial charge in [-0.3, -0.25) is 9.59 Å². The topological polar surface area (TPSA) is 72.5 Å². The lowest BCUT2D eigenvalue weighted by Gasteiger charge is -2.06. The van der Waals surface area contributed by atoms with Gasteiger partial charge in [0.05, 0.1) is 18.2 Å². The van der Waals surface area contributed by atoms with Gasteiger partial charge in [-0.1, -0.05) is 0 Å². The minimum atomic E-state index is -1.04. The molecule has 1 unspecified atom stereocenters. The number of hydrogen-bond acceptors (Lipinski definition) is 4. The monoisotopic (exact) mass is 265 g/mol. The molecule has 0 aliphatic carbocycles. The summed E-state index contributed by atoms with van der Waals surface area (Å²) in [4.78, 5) is 34.5. The van der Waals surface area contributed by atoms with Gasteiger partial charge in [0.1, 0.15) is 5.82 Å². The molecule has 6 heteroatoms. The highest BCUT2D eigenvalue weighted by Gasteiger charge is 2.31. The number of Topliss-reactive ketones (excluding diaryl/α,β-unsaturated/α-hetero) is 1. The van der Waals surface area contributed by atoms with E-state index in [4.69, 9.17) is 0 Å². The van der Waals surface area contributed by atoms with Gasteiger partial charge >= 0.3 is 5.97 Å². The molecule has 1 aromatic rings. The minimum Gasteiger partial charge on any atom is -0.460 e. The number of carbonyl (C=O) groups excluding carboxylic acids is 3. The Labute approximate surface area is 108 Å². The molecule has 0 radical (unpaired) electrons. The van der Waals surface area contributed by atoms with Gasteiger partial charge in [-0.25, -0.2) is 9.18 Å². The second-order valence-electron chi connectivity index (χ2n) is 4.18. The SMILES string of the molecule is CCOC(=O)C(=O)c1cc(F)c2c(c1)C(C)C(=O)N2. The number of fused-ring (bicyclic) bond motifs is 1. The maximum absolute atomic E-state index is 13.8. The molecule has 1 aliphatic rings. The number of esters is 1. The molecule has 1 N–H and O–H groups in total. The molecule has 19 heavy (non-hydrogen) atoms. The molecule has 0 bridgehead atoms. The van der Waals surface area contributed by atoms with Crippen LogP contribution in [0.4, 0.5) is 10.1 Å². The zero-order chi connectivity index (χ0) is 14.2. The average Bonchev–Trinajstić information content (AvgIpc) is 2.66. The summed E-state index contributed by atoms with van der Waals surface area (Å²) < 4.78 is 18.4. The number of nitrogens with one attached hydrogen (secondary N) is 1. The molecular weight excluding hydrogens is 253 g/mol. The van der Waals surface area contributed by atoms with Crippen LogP contribution < -0.4 is 5.32 Å². The van der Waals surface area contributed by atoms with Crippen LogP contribution in [0.25, 0.3) is 0 Å². The van der Waals surface area contributed by atoms with E-state index in [0.717, 1.165) is 6.07 Å². The second-order valence-corrected chi connectivity index (χ2v) is 4.18. The van der Waals surface area contributed by atoms with Gasteiger partial charge in [-0.15, -0.1) is 0 Å². The number of anilines is 1. The molecular formula is C13H12FNO4. The third-order valence-electron chi connectivity index (χ3n) is 2.95. The molecule has 0 saturated heterocycles. The molecule has 0 fully saturated rings. The van der Waals surface area contributed by atoms with Crippen LogP contribution in [0.5, 0.6) is 0 Å². The fourth-order valence-corrected chi connectivity index (χ4v) is 1.92. The van der Waals surface area contributed by atoms with Crippen molar-refractivity contribution in [1.29, 1.82) is 0 Å². The van der Waals surface area contributed by atoms with Gasteiger partial charge in [-0.05, 0) is 31.5 Å². The molecule has 1 amide bonds. The highest BCUT2D eigenvalue weighted by molar-refractivity contribution is 6.40. The Balaban J connectivity index is 2.41. The predicted molar refractivity (Wildman–Crippen MR) is 64.4 cm³/mol. The number of halogens is 1. The van der Waals surface area contributed by atoms with E-state index in [0.29, 0.717) is 5.56 Å². The first-order valence-corrected chi connectivity index (χ1v) is 5.81. The first kappa shape index (κ1) is 13.2. The van der Waals surface area contributed by atoms with E-state index in [9.17, 15) is 18.8 Å². The lowest BCUT2D eigenvalue weighted by Crippen LogP contribution is -2.18. The standard InChI is InChI=1S/C13H12FNO4/c1-3-19-13(18)11(16)7-4-8-6(2)12(17)15-10(8)9(14)5-7/h4-6H,3H2,1-2H3,(H,15,17). The zero-order valence-corrected chi connectivity index (χ0v) is 10.5. The number of carbonyl (C=O) groups is 3.